The number of allylic oxidation sites excluding steroid dienone is 2. The van der Waals surface area contributed by atoms with Crippen LogP contribution in [-0.2, 0) is 0 Å². The Hall–Kier alpha value is -0.260. The van der Waals surface area contributed by atoms with Crippen LogP contribution in [0.1, 0.15) is 52.4 Å². The lowest BCUT2D eigenvalue weighted by atomic mass is 9.63. The summed E-state index contributed by atoms with van der Waals surface area (Å²) in [4.78, 5) is 0. The van der Waals surface area contributed by atoms with Crippen LogP contribution in [0, 0.1) is 47.3 Å². The first-order valence-corrected chi connectivity index (χ1v) is 8.50. The molecule has 0 aromatic rings. The van der Waals surface area contributed by atoms with Crippen LogP contribution < -0.4 is 0 Å². The largest absolute Gasteiger partial charge is 0.0848 e. The third kappa shape index (κ3) is 1.44. The van der Waals surface area contributed by atoms with Crippen molar-refractivity contribution in [3.05, 3.63) is 12.2 Å². The summed E-state index contributed by atoms with van der Waals surface area (Å²) >= 11 is 0. The highest BCUT2D eigenvalue weighted by Crippen LogP contribution is 2.62. The van der Waals surface area contributed by atoms with Gasteiger partial charge in [-0.25, -0.2) is 0 Å². The van der Waals surface area contributed by atoms with Crippen molar-refractivity contribution in [3.8, 4) is 0 Å². The van der Waals surface area contributed by atoms with Crippen molar-refractivity contribution >= 4 is 0 Å². The maximum Gasteiger partial charge on any atom is -0.0196 e. The summed E-state index contributed by atoms with van der Waals surface area (Å²) in [5.41, 5.74) is 0. The average molecular weight is 244 g/mol. The first kappa shape index (κ1) is 11.6. The van der Waals surface area contributed by atoms with Gasteiger partial charge in [-0.2, -0.15) is 0 Å². The molecule has 0 N–H and O–H groups in total. The molecule has 0 heteroatoms. The number of hydrogen-bond acceptors (Lipinski definition) is 0. The maximum atomic E-state index is 2.57. The number of fused-ring (bicyclic) bond motifs is 6. The van der Waals surface area contributed by atoms with Crippen LogP contribution in [0.4, 0.5) is 0 Å². The normalized spacial score (nSPS) is 56.8. The zero-order valence-electron chi connectivity index (χ0n) is 12.0. The first-order chi connectivity index (χ1) is 8.81. The Morgan fingerprint density at radius 1 is 0.667 bits per heavy atom. The average Bonchev–Trinajstić information content (AvgIpc) is 3.09. The standard InChI is InChI=1S/C18H28/c1-3-11-7-12(4-2)16-10-18-14-6-5-13(8-14)17(18)9-15(11)16/h5-6,11-18H,3-4,7-10H2,1-2H3. The lowest BCUT2D eigenvalue weighted by molar-refractivity contribution is 0.0850. The van der Waals surface area contributed by atoms with Crippen molar-refractivity contribution in [2.45, 2.75) is 52.4 Å². The highest BCUT2D eigenvalue weighted by atomic mass is 14.6. The van der Waals surface area contributed by atoms with Gasteiger partial charge in [0.25, 0.3) is 0 Å². The molecule has 4 rings (SSSR count). The molecule has 0 nitrogen and oxygen atoms in total. The van der Waals surface area contributed by atoms with Crippen molar-refractivity contribution < 1.29 is 0 Å². The minimum atomic E-state index is 0.985. The van der Waals surface area contributed by atoms with Gasteiger partial charge >= 0.3 is 0 Å². The highest BCUT2D eigenvalue weighted by Gasteiger charge is 2.54. The summed E-state index contributed by atoms with van der Waals surface area (Å²) in [5, 5.41) is 0. The minimum absolute atomic E-state index is 0.985. The molecular weight excluding hydrogens is 216 g/mol. The SMILES string of the molecule is CCC1CC(CC)C2CC3C4C=CC(C4)C3CC12. The Morgan fingerprint density at radius 2 is 1.17 bits per heavy atom. The van der Waals surface area contributed by atoms with Crippen molar-refractivity contribution in [3.63, 3.8) is 0 Å². The first-order valence-electron chi connectivity index (χ1n) is 8.50. The van der Waals surface area contributed by atoms with Crippen molar-refractivity contribution in [1.82, 2.24) is 0 Å². The van der Waals surface area contributed by atoms with Gasteiger partial charge in [-0.15, -0.1) is 0 Å². The van der Waals surface area contributed by atoms with Gasteiger partial charge in [-0.1, -0.05) is 38.8 Å². The molecule has 0 aromatic carbocycles. The maximum absolute atomic E-state index is 2.57. The molecule has 4 aliphatic carbocycles. The van der Waals surface area contributed by atoms with Crippen LogP contribution in [-0.4, -0.2) is 0 Å². The second-order valence-electron chi connectivity index (χ2n) is 7.65. The van der Waals surface area contributed by atoms with Crippen molar-refractivity contribution in [2.75, 3.05) is 0 Å². The van der Waals surface area contributed by atoms with E-state index in [1.54, 1.807) is 19.3 Å². The third-order valence-electron chi connectivity index (χ3n) is 7.30. The Kier molecular flexibility index (Phi) is 2.64. The van der Waals surface area contributed by atoms with Gasteiger partial charge in [0.05, 0.1) is 0 Å². The monoisotopic (exact) mass is 244 g/mol. The molecular formula is C18H28. The van der Waals surface area contributed by atoms with E-state index >= 15 is 0 Å². The minimum Gasteiger partial charge on any atom is -0.0848 e. The molecule has 2 bridgehead atoms. The summed E-state index contributed by atoms with van der Waals surface area (Å²) in [6.45, 7) is 4.87. The summed E-state index contributed by atoms with van der Waals surface area (Å²) in [5.74, 6) is 8.51. The summed E-state index contributed by atoms with van der Waals surface area (Å²) in [6.07, 6.45) is 14.3. The van der Waals surface area contributed by atoms with Crippen LogP contribution in [0.15, 0.2) is 12.2 Å². The molecule has 100 valence electrons. The van der Waals surface area contributed by atoms with Crippen LogP contribution in [0.3, 0.4) is 0 Å². The quantitative estimate of drug-likeness (QED) is 0.606. The van der Waals surface area contributed by atoms with Crippen molar-refractivity contribution in [2.24, 2.45) is 47.3 Å². The summed E-state index contributed by atoms with van der Waals surface area (Å²) in [6, 6.07) is 0. The van der Waals surface area contributed by atoms with Crippen molar-refractivity contribution in [1.29, 1.82) is 0 Å². The van der Waals surface area contributed by atoms with Gasteiger partial charge in [0.2, 0.25) is 0 Å². The zero-order chi connectivity index (χ0) is 12.3. The van der Waals surface area contributed by atoms with Gasteiger partial charge in [0.1, 0.15) is 0 Å². The van der Waals surface area contributed by atoms with E-state index in [9.17, 15) is 0 Å². The lowest BCUT2D eigenvalue weighted by Crippen LogP contribution is -2.35. The fraction of sp³-hybridized carbons (Fsp3) is 0.889. The topological polar surface area (TPSA) is 0 Å². The second-order valence-corrected chi connectivity index (χ2v) is 7.65. The van der Waals surface area contributed by atoms with E-state index in [1.165, 1.54) is 19.3 Å². The van der Waals surface area contributed by atoms with Gasteiger partial charge < -0.3 is 0 Å². The molecule has 0 spiro atoms. The number of hydrogen-bond donors (Lipinski definition) is 0. The lowest BCUT2D eigenvalue weighted by Gasteiger charge is -2.42. The Balaban J connectivity index is 1.60. The van der Waals surface area contributed by atoms with Crippen LogP contribution in [0.2, 0.25) is 0 Å². The third-order valence-corrected chi connectivity index (χ3v) is 7.30. The summed E-state index contributed by atoms with van der Waals surface area (Å²) < 4.78 is 0. The fourth-order valence-corrected chi connectivity index (χ4v) is 6.47. The predicted molar refractivity (Wildman–Crippen MR) is 76.1 cm³/mol. The van der Waals surface area contributed by atoms with E-state index in [1.807, 2.05) is 0 Å². The van der Waals surface area contributed by atoms with Gasteiger partial charge in [0.15, 0.2) is 0 Å². The van der Waals surface area contributed by atoms with E-state index in [-0.39, 0.29) is 0 Å². The molecule has 3 saturated carbocycles. The van der Waals surface area contributed by atoms with E-state index < -0.39 is 0 Å². The fourth-order valence-electron chi connectivity index (χ4n) is 6.47. The van der Waals surface area contributed by atoms with E-state index in [4.69, 9.17) is 0 Å². The van der Waals surface area contributed by atoms with Gasteiger partial charge in [-0.3, -0.25) is 0 Å². The van der Waals surface area contributed by atoms with E-state index in [0.29, 0.717) is 0 Å². The predicted octanol–water partition coefficient (Wildman–Crippen LogP) is 4.91. The van der Waals surface area contributed by atoms with Gasteiger partial charge in [0, 0.05) is 0 Å². The molecule has 8 atom stereocenters. The molecule has 18 heavy (non-hydrogen) atoms. The molecule has 8 unspecified atom stereocenters. The molecule has 0 heterocycles. The van der Waals surface area contributed by atoms with Crippen LogP contribution >= 0.6 is 0 Å². The van der Waals surface area contributed by atoms with E-state index in [2.05, 4.69) is 26.0 Å². The Labute approximate surface area is 112 Å². The van der Waals surface area contributed by atoms with E-state index in [0.717, 1.165) is 47.3 Å². The van der Waals surface area contributed by atoms with Gasteiger partial charge in [-0.05, 0) is 73.0 Å². The smallest absolute Gasteiger partial charge is 0.0196 e. The highest BCUT2D eigenvalue weighted by molar-refractivity contribution is 5.16. The Bertz CT molecular complexity index is 323. The van der Waals surface area contributed by atoms with Crippen LogP contribution in [0.5, 0.6) is 0 Å². The zero-order valence-corrected chi connectivity index (χ0v) is 12.0. The van der Waals surface area contributed by atoms with Crippen LogP contribution in [0.25, 0.3) is 0 Å². The Morgan fingerprint density at radius 3 is 1.61 bits per heavy atom. The molecule has 0 aromatic heterocycles. The molecule has 0 aliphatic heterocycles. The molecule has 0 radical (unpaired) electrons. The summed E-state index contributed by atoms with van der Waals surface area (Å²) in [7, 11) is 0. The molecule has 0 saturated heterocycles. The molecule has 0 amide bonds. The molecule has 4 aliphatic rings. The number of rotatable bonds is 2. The second kappa shape index (κ2) is 4.12. The molecule has 3 fully saturated rings.